The highest BCUT2D eigenvalue weighted by molar-refractivity contribution is 5.96. The summed E-state index contributed by atoms with van der Waals surface area (Å²) in [5.74, 6) is -7.33. The second-order valence-electron chi connectivity index (χ2n) is 14.2. The van der Waals surface area contributed by atoms with Gasteiger partial charge in [0.15, 0.2) is 18.0 Å². The van der Waals surface area contributed by atoms with E-state index in [1.807, 2.05) is 0 Å². The lowest BCUT2D eigenvalue weighted by atomic mass is 10.0. The van der Waals surface area contributed by atoms with Crippen LogP contribution >= 0.6 is 0 Å². The molecule has 6 amide bonds. The second-order valence-corrected chi connectivity index (χ2v) is 14.2. The number of rotatable bonds is 27. The lowest BCUT2D eigenvalue weighted by Gasteiger charge is -2.28. The molecule has 2 aromatic rings. The first-order chi connectivity index (χ1) is 29.3. The number of carbonyl (C=O) groups is 7. The van der Waals surface area contributed by atoms with Crippen LogP contribution in [0.4, 0.5) is 0 Å². The Morgan fingerprint density at radius 1 is 0.694 bits per heavy atom. The van der Waals surface area contributed by atoms with Gasteiger partial charge < -0.3 is 80.9 Å². The van der Waals surface area contributed by atoms with Crippen molar-refractivity contribution in [1.82, 2.24) is 41.9 Å². The Balaban J connectivity index is 2.37. The van der Waals surface area contributed by atoms with Gasteiger partial charge in [0.2, 0.25) is 35.4 Å². The number of carbonyl (C=O) groups excluding carboxylic acids is 6. The molecule has 0 saturated carbocycles. The molecule has 342 valence electrons. The number of hydrogen-bond acceptors (Lipinski definition) is 13. The van der Waals surface area contributed by atoms with Crippen LogP contribution in [0.25, 0.3) is 0 Å². The van der Waals surface area contributed by atoms with E-state index in [1.54, 1.807) is 30.3 Å². The Morgan fingerprint density at radius 3 is 1.69 bits per heavy atom. The van der Waals surface area contributed by atoms with E-state index in [1.165, 1.54) is 12.5 Å². The smallest absolute Gasteiger partial charge is 0.328 e. The normalized spacial score (nSPS) is 14.7. The second kappa shape index (κ2) is 26.4. The van der Waals surface area contributed by atoms with Crippen LogP contribution in [0.5, 0.6) is 0 Å². The molecular formula is C37H59N15O10. The zero-order chi connectivity index (χ0) is 46.4. The summed E-state index contributed by atoms with van der Waals surface area (Å²) in [6.07, 6.45) is -0.155. The van der Waals surface area contributed by atoms with Gasteiger partial charge in [0.05, 0.1) is 31.1 Å². The van der Waals surface area contributed by atoms with E-state index in [2.05, 4.69) is 51.9 Å². The van der Waals surface area contributed by atoms with Gasteiger partial charge >= 0.3 is 5.97 Å². The van der Waals surface area contributed by atoms with Gasteiger partial charge in [-0.1, -0.05) is 30.3 Å². The van der Waals surface area contributed by atoms with Crippen molar-refractivity contribution in [2.45, 2.75) is 101 Å². The SMILES string of the molecule is C[C@@H](O)[C@H](NC(=O)[C@@H](NC(=O)[C@H](CCCN=C(N)N)NC(=O)[C@H](CCCN=C(N)N)NC(=O)[C@H](Cc1ccccc1)NC(=O)CNC(=O)[C@@H](N)Cc1cnc[nH]1)[C@@H](C)O)C(=O)O. The largest absolute Gasteiger partial charge is 0.480 e. The number of hydrogen-bond donors (Lipinski definition) is 15. The lowest BCUT2D eigenvalue weighted by molar-refractivity contribution is -0.146. The minimum Gasteiger partial charge on any atom is -0.480 e. The van der Waals surface area contributed by atoms with Gasteiger partial charge in [0.25, 0.3) is 0 Å². The molecule has 0 unspecified atom stereocenters. The first-order valence-corrected chi connectivity index (χ1v) is 19.5. The summed E-state index contributed by atoms with van der Waals surface area (Å²) in [4.78, 5) is 107. The van der Waals surface area contributed by atoms with Crippen molar-refractivity contribution in [2.75, 3.05) is 19.6 Å². The monoisotopic (exact) mass is 873 g/mol. The number of aromatic nitrogens is 2. The number of H-pyrrole nitrogens is 1. The standard InChI is InChI=1S/C37H59N15O10/c1-19(53)28(34(60)52-29(20(2)54)35(61)62)51-32(58)25(11-7-13-45-37(41)42)49-31(57)24(10-6-12-44-36(39)40)50-33(59)26(14-21-8-4-3-5-9-21)48-27(55)17-46-30(56)23(38)15-22-16-43-18-47-22/h3-5,8-9,16,18-20,23-26,28-29,53-54H,6-7,10-15,17,38H2,1-2H3,(H,43,47)(H,46,56)(H,48,55)(H,49,57)(H,50,59)(H,51,58)(H,52,60)(H,61,62)(H4,39,40,44)(H4,41,42,45)/t19-,20-,23+,24+,25+,26+,28+,29+/m1/s1. The third-order valence-electron chi connectivity index (χ3n) is 8.95. The van der Waals surface area contributed by atoms with Crippen LogP contribution in [0.3, 0.4) is 0 Å². The maximum atomic E-state index is 14.0. The molecule has 0 bridgehead atoms. The molecule has 1 aromatic carbocycles. The van der Waals surface area contributed by atoms with Gasteiger partial charge in [-0.15, -0.1) is 0 Å². The molecule has 20 N–H and O–H groups in total. The van der Waals surface area contributed by atoms with Crippen LogP contribution in [0, 0.1) is 0 Å². The van der Waals surface area contributed by atoms with E-state index in [4.69, 9.17) is 28.7 Å². The number of amides is 6. The molecule has 25 nitrogen and oxygen atoms in total. The van der Waals surface area contributed by atoms with Gasteiger partial charge in [-0.25, -0.2) is 9.78 Å². The number of carboxylic acid groups (broad SMARTS) is 1. The van der Waals surface area contributed by atoms with Gasteiger partial charge in [-0.3, -0.25) is 38.8 Å². The van der Waals surface area contributed by atoms with Crippen LogP contribution in [-0.2, 0) is 46.4 Å². The molecule has 1 heterocycles. The van der Waals surface area contributed by atoms with Crippen molar-refractivity contribution >= 4 is 53.3 Å². The number of aliphatic hydroxyl groups excluding tert-OH is 2. The Kier molecular flexibility index (Phi) is 21.8. The van der Waals surface area contributed by atoms with Crippen molar-refractivity contribution in [3.05, 3.63) is 54.1 Å². The minimum absolute atomic E-state index is 0.00711. The fraction of sp³-hybridized carbons (Fsp3) is 0.514. The van der Waals surface area contributed by atoms with Gasteiger partial charge in [-0.05, 0) is 45.1 Å². The summed E-state index contributed by atoms with van der Waals surface area (Å²) in [5.41, 5.74) is 29.0. The molecule has 0 radical (unpaired) electrons. The van der Waals surface area contributed by atoms with Crippen LogP contribution in [0.1, 0.15) is 50.8 Å². The molecule has 8 atom stereocenters. The zero-order valence-corrected chi connectivity index (χ0v) is 34.5. The van der Waals surface area contributed by atoms with Crippen LogP contribution < -0.4 is 60.6 Å². The van der Waals surface area contributed by atoms with Gasteiger partial charge in [0.1, 0.15) is 24.2 Å². The summed E-state index contributed by atoms with van der Waals surface area (Å²) >= 11 is 0. The summed E-state index contributed by atoms with van der Waals surface area (Å²) in [6.45, 7) is 1.75. The van der Waals surface area contributed by atoms with Crippen molar-refractivity contribution in [2.24, 2.45) is 38.7 Å². The van der Waals surface area contributed by atoms with Crippen LogP contribution in [0.2, 0.25) is 0 Å². The number of nitrogens with zero attached hydrogens (tertiary/aromatic N) is 3. The average molecular weight is 874 g/mol. The Labute approximate surface area is 356 Å². The number of benzene rings is 1. The molecule has 2 rings (SSSR count). The first-order valence-electron chi connectivity index (χ1n) is 19.5. The number of guanidine groups is 2. The van der Waals surface area contributed by atoms with Gasteiger partial charge in [0, 0.05) is 37.8 Å². The molecule has 62 heavy (non-hydrogen) atoms. The summed E-state index contributed by atoms with van der Waals surface area (Å²) in [5, 5.41) is 44.2. The first kappa shape index (κ1) is 51.3. The maximum absolute atomic E-state index is 14.0. The fourth-order valence-corrected chi connectivity index (χ4v) is 5.71. The van der Waals surface area contributed by atoms with E-state index in [9.17, 15) is 48.9 Å². The molecule has 0 aliphatic rings. The summed E-state index contributed by atoms with van der Waals surface area (Å²) in [7, 11) is 0. The van der Waals surface area contributed by atoms with E-state index in [-0.39, 0.29) is 63.5 Å². The third-order valence-corrected chi connectivity index (χ3v) is 8.95. The number of nitrogens with one attached hydrogen (secondary N) is 7. The van der Waals surface area contributed by atoms with E-state index in [0.717, 1.165) is 13.8 Å². The highest BCUT2D eigenvalue weighted by Crippen LogP contribution is 2.09. The van der Waals surface area contributed by atoms with Crippen LogP contribution in [-0.4, -0.2) is 147 Å². The fourth-order valence-electron chi connectivity index (χ4n) is 5.71. The average Bonchev–Trinajstić information content (AvgIpc) is 3.72. The predicted molar refractivity (Wildman–Crippen MR) is 224 cm³/mol. The topological polar surface area (TPSA) is 436 Å². The predicted octanol–water partition coefficient (Wildman–Crippen LogP) is -5.98. The number of carboxylic acids is 1. The van der Waals surface area contributed by atoms with Crippen molar-refractivity contribution < 1.29 is 48.9 Å². The summed E-state index contributed by atoms with van der Waals surface area (Å²) in [6, 6.07) is -0.107. The molecule has 1 aromatic heterocycles. The van der Waals surface area contributed by atoms with E-state index in [0.29, 0.717) is 11.3 Å². The highest BCUT2D eigenvalue weighted by atomic mass is 16.4. The summed E-state index contributed by atoms with van der Waals surface area (Å²) < 4.78 is 0. The number of aliphatic imine (C=N–C) groups is 2. The van der Waals surface area contributed by atoms with Crippen molar-refractivity contribution in [3.63, 3.8) is 0 Å². The van der Waals surface area contributed by atoms with E-state index >= 15 is 0 Å². The quantitative estimate of drug-likeness (QED) is 0.0226. The molecule has 0 spiro atoms. The van der Waals surface area contributed by atoms with Crippen LogP contribution in [0.15, 0.2) is 52.8 Å². The molecular weight excluding hydrogens is 815 g/mol. The maximum Gasteiger partial charge on any atom is 0.328 e. The molecule has 0 aliphatic carbocycles. The Morgan fingerprint density at radius 2 is 1.21 bits per heavy atom. The Hall–Kier alpha value is -6.86. The third kappa shape index (κ3) is 19.0. The lowest BCUT2D eigenvalue weighted by Crippen LogP contribution is -2.61. The highest BCUT2D eigenvalue weighted by Gasteiger charge is 2.35. The number of aliphatic carboxylic acids is 1. The van der Waals surface area contributed by atoms with Gasteiger partial charge in [-0.2, -0.15) is 0 Å². The minimum atomic E-state index is -1.79. The number of aliphatic hydroxyl groups is 2. The number of imidazole rings is 1. The molecule has 25 heteroatoms. The number of aromatic amines is 1. The molecule has 0 aliphatic heterocycles. The van der Waals surface area contributed by atoms with Crippen molar-refractivity contribution in [1.29, 1.82) is 0 Å². The number of nitrogens with two attached hydrogens (primary N) is 5. The van der Waals surface area contributed by atoms with E-state index < -0.39 is 96.4 Å². The molecule has 0 fully saturated rings. The Bertz CT molecular complexity index is 1840. The molecule has 0 saturated heterocycles. The zero-order valence-electron chi connectivity index (χ0n) is 34.5. The van der Waals surface area contributed by atoms with Crippen molar-refractivity contribution in [3.8, 4) is 0 Å².